The second-order valence-electron chi connectivity index (χ2n) is 9.02. The topological polar surface area (TPSA) is 117 Å². The number of likely N-dealkylation sites (tertiary alicyclic amines) is 1. The molecule has 3 amide bonds. The number of hydrogen-bond acceptors (Lipinski definition) is 6. The molecule has 32 heavy (non-hydrogen) atoms. The molecule has 3 saturated heterocycles. The standard InChI is InChI=1S/C23H31N3O6/c1-22-10-11-23(32-22)17(16(22)19(28)24-2)21(30)26(12-4-5-13-27)18(23)20(29)25-14-6-8-15(31-3)9-7-14/h6-9,16-18,27H,4-5,10-13H2,1-3H3,(H,24,28)(H,25,29)/t16-,17-,18?,22+,23?/m0/s1. The summed E-state index contributed by atoms with van der Waals surface area (Å²) in [5.74, 6) is -1.48. The van der Waals surface area contributed by atoms with E-state index < -0.39 is 29.1 Å². The van der Waals surface area contributed by atoms with Crippen LogP contribution in [0.2, 0.25) is 0 Å². The Morgan fingerprint density at radius 1 is 1.22 bits per heavy atom. The fourth-order valence-electron chi connectivity index (χ4n) is 5.80. The van der Waals surface area contributed by atoms with Crippen molar-refractivity contribution in [3.63, 3.8) is 0 Å². The number of methoxy groups -OCH3 is 1. The van der Waals surface area contributed by atoms with Crippen LogP contribution in [0, 0.1) is 11.8 Å². The number of nitrogens with zero attached hydrogens (tertiary/aromatic N) is 1. The number of aliphatic hydroxyl groups is 1. The highest BCUT2D eigenvalue weighted by atomic mass is 16.5. The van der Waals surface area contributed by atoms with Crippen molar-refractivity contribution in [3.05, 3.63) is 24.3 Å². The van der Waals surface area contributed by atoms with Crippen LogP contribution in [-0.2, 0) is 19.1 Å². The van der Waals surface area contributed by atoms with Gasteiger partial charge in [-0.2, -0.15) is 0 Å². The van der Waals surface area contributed by atoms with E-state index in [1.54, 1.807) is 43.3 Å². The van der Waals surface area contributed by atoms with Crippen molar-refractivity contribution in [1.29, 1.82) is 0 Å². The Morgan fingerprint density at radius 3 is 2.56 bits per heavy atom. The third kappa shape index (κ3) is 3.34. The summed E-state index contributed by atoms with van der Waals surface area (Å²) in [6.45, 7) is 2.19. The van der Waals surface area contributed by atoms with Gasteiger partial charge in [-0.3, -0.25) is 14.4 Å². The van der Waals surface area contributed by atoms with E-state index in [0.717, 1.165) is 0 Å². The van der Waals surface area contributed by atoms with Crippen LogP contribution in [0.25, 0.3) is 0 Å². The van der Waals surface area contributed by atoms with Crippen LogP contribution < -0.4 is 15.4 Å². The van der Waals surface area contributed by atoms with Crippen molar-refractivity contribution in [3.8, 4) is 5.75 Å². The molecule has 0 saturated carbocycles. The molecule has 2 bridgehead atoms. The molecule has 3 N–H and O–H groups in total. The molecule has 3 aliphatic rings. The van der Waals surface area contributed by atoms with Gasteiger partial charge in [-0.15, -0.1) is 0 Å². The van der Waals surface area contributed by atoms with Crippen molar-refractivity contribution in [1.82, 2.24) is 10.2 Å². The molecule has 3 fully saturated rings. The highest BCUT2D eigenvalue weighted by Crippen LogP contribution is 2.63. The Morgan fingerprint density at radius 2 is 1.94 bits per heavy atom. The molecule has 9 nitrogen and oxygen atoms in total. The van der Waals surface area contributed by atoms with Crippen molar-refractivity contribution in [2.75, 3.05) is 32.6 Å². The van der Waals surface area contributed by atoms with Gasteiger partial charge in [-0.05, 0) is 56.9 Å². The van der Waals surface area contributed by atoms with Gasteiger partial charge in [0.2, 0.25) is 17.7 Å². The average molecular weight is 446 g/mol. The highest BCUT2D eigenvalue weighted by Gasteiger charge is 2.77. The van der Waals surface area contributed by atoms with Gasteiger partial charge in [0.25, 0.3) is 0 Å². The van der Waals surface area contributed by atoms with E-state index in [1.165, 1.54) is 0 Å². The molecule has 2 unspecified atom stereocenters. The summed E-state index contributed by atoms with van der Waals surface area (Å²) >= 11 is 0. The lowest BCUT2D eigenvalue weighted by Crippen LogP contribution is -2.53. The number of aliphatic hydroxyl groups excluding tert-OH is 1. The molecule has 174 valence electrons. The number of ether oxygens (including phenoxy) is 2. The van der Waals surface area contributed by atoms with Gasteiger partial charge in [-0.25, -0.2) is 0 Å². The third-order valence-corrected chi connectivity index (χ3v) is 7.22. The number of benzene rings is 1. The van der Waals surface area contributed by atoms with E-state index in [-0.39, 0.29) is 24.3 Å². The molecule has 9 heteroatoms. The number of anilines is 1. The molecule has 0 aliphatic carbocycles. The smallest absolute Gasteiger partial charge is 0.250 e. The number of fused-ring (bicyclic) bond motifs is 1. The largest absolute Gasteiger partial charge is 0.497 e. The van der Waals surface area contributed by atoms with E-state index in [4.69, 9.17) is 9.47 Å². The first-order chi connectivity index (χ1) is 15.3. The molecule has 0 radical (unpaired) electrons. The van der Waals surface area contributed by atoms with Crippen molar-refractivity contribution in [2.45, 2.75) is 49.9 Å². The maximum atomic E-state index is 13.6. The maximum Gasteiger partial charge on any atom is 0.250 e. The van der Waals surface area contributed by atoms with Crippen LogP contribution in [-0.4, -0.2) is 72.3 Å². The quantitative estimate of drug-likeness (QED) is 0.512. The van der Waals surface area contributed by atoms with Crippen LogP contribution in [0.1, 0.15) is 32.6 Å². The Bertz CT molecular complexity index is 905. The summed E-state index contributed by atoms with van der Waals surface area (Å²) in [5, 5.41) is 14.8. The predicted molar refractivity (Wildman–Crippen MR) is 116 cm³/mol. The summed E-state index contributed by atoms with van der Waals surface area (Å²) in [5.41, 5.74) is -1.24. The Balaban J connectivity index is 1.68. The van der Waals surface area contributed by atoms with Gasteiger partial charge in [-0.1, -0.05) is 0 Å². The van der Waals surface area contributed by atoms with Crippen molar-refractivity contribution in [2.24, 2.45) is 11.8 Å². The summed E-state index contributed by atoms with van der Waals surface area (Å²) in [6, 6.07) is 6.11. The van der Waals surface area contributed by atoms with E-state index in [1.807, 2.05) is 6.92 Å². The number of carbonyl (C=O) groups excluding carboxylic acids is 3. The number of carbonyl (C=O) groups is 3. The number of unbranched alkanes of at least 4 members (excludes halogenated alkanes) is 1. The maximum absolute atomic E-state index is 13.6. The van der Waals surface area contributed by atoms with Crippen LogP contribution in [0.4, 0.5) is 5.69 Å². The SMILES string of the molecule is CNC(=O)[C@@H]1[C@H]2C(=O)N(CCCCO)C(C(=O)Nc3ccc(OC)cc3)C23CC[C@@]1(C)O3. The molecular formula is C23H31N3O6. The fourth-order valence-corrected chi connectivity index (χ4v) is 5.80. The van der Waals surface area contributed by atoms with Gasteiger partial charge in [0.1, 0.15) is 17.4 Å². The molecular weight excluding hydrogens is 414 g/mol. The van der Waals surface area contributed by atoms with Crippen LogP contribution in [0.5, 0.6) is 5.75 Å². The Kier molecular flexibility index (Phi) is 5.89. The number of hydrogen-bond donors (Lipinski definition) is 3. The van der Waals surface area contributed by atoms with Gasteiger partial charge in [0, 0.05) is 25.9 Å². The second-order valence-corrected chi connectivity index (χ2v) is 9.02. The highest BCUT2D eigenvalue weighted by molar-refractivity contribution is 6.03. The summed E-state index contributed by atoms with van der Waals surface area (Å²) < 4.78 is 11.6. The van der Waals surface area contributed by atoms with Gasteiger partial charge < -0.3 is 30.1 Å². The normalized spacial score (nSPS) is 32.7. The Hall–Kier alpha value is -2.65. The molecule has 1 aromatic carbocycles. The minimum atomic E-state index is -1.04. The van der Waals surface area contributed by atoms with E-state index in [2.05, 4.69) is 10.6 Å². The van der Waals surface area contributed by atoms with Crippen LogP contribution in [0.15, 0.2) is 24.3 Å². The second kappa shape index (κ2) is 8.37. The van der Waals surface area contributed by atoms with E-state index in [0.29, 0.717) is 43.7 Å². The Labute approximate surface area is 187 Å². The predicted octanol–water partition coefficient (Wildman–Crippen LogP) is 0.917. The average Bonchev–Trinajstić information content (AvgIpc) is 3.35. The molecule has 4 rings (SSSR count). The van der Waals surface area contributed by atoms with Crippen LogP contribution in [0.3, 0.4) is 0 Å². The lowest BCUT2D eigenvalue weighted by atomic mass is 9.66. The number of rotatable bonds is 8. The molecule has 5 atom stereocenters. The zero-order chi connectivity index (χ0) is 23.1. The van der Waals surface area contributed by atoms with Gasteiger partial charge in [0.05, 0.1) is 24.5 Å². The minimum Gasteiger partial charge on any atom is -0.497 e. The molecule has 1 aromatic rings. The first-order valence-electron chi connectivity index (χ1n) is 11.1. The van der Waals surface area contributed by atoms with Crippen molar-refractivity contribution >= 4 is 23.4 Å². The first-order valence-corrected chi connectivity index (χ1v) is 11.1. The zero-order valence-electron chi connectivity index (χ0n) is 18.7. The molecule has 3 aliphatic heterocycles. The summed E-state index contributed by atoms with van der Waals surface area (Å²) in [4.78, 5) is 41.5. The van der Waals surface area contributed by atoms with Gasteiger partial charge in [0.15, 0.2) is 0 Å². The third-order valence-electron chi connectivity index (χ3n) is 7.22. The summed E-state index contributed by atoms with van der Waals surface area (Å²) in [6.07, 6.45) is 2.21. The summed E-state index contributed by atoms with van der Waals surface area (Å²) in [7, 11) is 3.12. The number of amides is 3. The molecule has 3 heterocycles. The lowest BCUT2D eigenvalue weighted by molar-refractivity contribution is -0.144. The van der Waals surface area contributed by atoms with Crippen molar-refractivity contribution < 1.29 is 29.0 Å². The zero-order valence-corrected chi connectivity index (χ0v) is 18.7. The monoisotopic (exact) mass is 445 g/mol. The fraction of sp³-hybridized carbons (Fsp3) is 0.609. The van der Waals surface area contributed by atoms with Crippen LogP contribution >= 0.6 is 0 Å². The van der Waals surface area contributed by atoms with E-state index >= 15 is 0 Å². The first kappa shape index (κ1) is 22.5. The molecule has 0 aromatic heterocycles. The lowest BCUT2D eigenvalue weighted by Gasteiger charge is -2.33. The minimum absolute atomic E-state index is 0.00868. The van der Waals surface area contributed by atoms with Gasteiger partial charge >= 0.3 is 0 Å². The molecule has 1 spiro atoms. The number of nitrogens with one attached hydrogen (secondary N) is 2. The van der Waals surface area contributed by atoms with E-state index in [9.17, 15) is 19.5 Å².